The van der Waals surface area contributed by atoms with Crippen LogP contribution in [0.1, 0.15) is 11.5 Å². The van der Waals surface area contributed by atoms with E-state index in [1.807, 2.05) is 30.3 Å². The summed E-state index contributed by atoms with van der Waals surface area (Å²) < 4.78 is 32.8. The van der Waals surface area contributed by atoms with Gasteiger partial charge in [-0.05, 0) is 30.2 Å². The molecule has 0 saturated carbocycles. The SMILES string of the molecule is COc1ccc(Cl)c(S(=O)(=O)N2C[C@@H](CN)[C@H](c3ccccc3)C2)c1. The molecule has 7 heteroatoms. The Kier molecular flexibility index (Phi) is 5.34. The molecule has 2 aromatic rings. The summed E-state index contributed by atoms with van der Waals surface area (Å²) in [5.74, 6) is 0.601. The molecule has 0 aliphatic carbocycles. The van der Waals surface area contributed by atoms with Gasteiger partial charge in [-0.3, -0.25) is 0 Å². The Bertz CT molecular complexity index is 843. The molecule has 1 fully saturated rings. The summed E-state index contributed by atoms with van der Waals surface area (Å²) in [5.41, 5.74) is 7.02. The summed E-state index contributed by atoms with van der Waals surface area (Å²) >= 11 is 6.15. The van der Waals surface area contributed by atoms with Crippen molar-refractivity contribution in [3.8, 4) is 5.75 Å². The van der Waals surface area contributed by atoms with Gasteiger partial charge in [-0.2, -0.15) is 4.31 Å². The summed E-state index contributed by atoms with van der Waals surface area (Å²) in [6.07, 6.45) is 0. The van der Waals surface area contributed by atoms with Crippen molar-refractivity contribution in [2.45, 2.75) is 10.8 Å². The molecule has 0 radical (unpaired) electrons. The van der Waals surface area contributed by atoms with E-state index in [0.717, 1.165) is 5.56 Å². The van der Waals surface area contributed by atoms with Crippen LogP contribution in [0.4, 0.5) is 0 Å². The second-order valence-corrected chi connectivity index (χ2v) is 8.44. The van der Waals surface area contributed by atoms with Crippen molar-refractivity contribution in [1.29, 1.82) is 0 Å². The summed E-state index contributed by atoms with van der Waals surface area (Å²) in [4.78, 5) is 0.0676. The summed E-state index contributed by atoms with van der Waals surface area (Å²) in [7, 11) is -2.23. The van der Waals surface area contributed by atoms with Crippen LogP contribution in [0.2, 0.25) is 5.02 Å². The van der Waals surface area contributed by atoms with E-state index < -0.39 is 10.0 Å². The fraction of sp³-hybridized carbons (Fsp3) is 0.333. The number of methoxy groups -OCH3 is 1. The van der Waals surface area contributed by atoms with Gasteiger partial charge in [0.05, 0.1) is 12.1 Å². The lowest BCUT2D eigenvalue weighted by atomic mass is 9.89. The number of nitrogens with zero attached hydrogens (tertiary/aromatic N) is 1. The Labute approximate surface area is 153 Å². The first-order chi connectivity index (χ1) is 12.0. The lowest BCUT2D eigenvalue weighted by molar-refractivity contribution is 0.412. The predicted molar refractivity (Wildman–Crippen MR) is 98.5 cm³/mol. The topological polar surface area (TPSA) is 72.6 Å². The van der Waals surface area contributed by atoms with Crippen LogP contribution < -0.4 is 10.5 Å². The summed E-state index contributed by atoms with van der Waals surface area (Å²) in [6, 6.07) is 14.5. The van der Waals surface area contributed by atoms with Gasteiger partial charge >= 0.3 is 0 Å². The maximum atomic E-state index is 13.1. The van der Waals surface area contributed by atoms with Gasteiger partial charge in [-0.25, -0.2) is 8.42 Å². The molecule has 1 aliphatic rings. The Morgan fingerprint density at radius 1 is 1.20 bits per heavy atom. The molecule has 0 spiro atoms. The zero-order valence-electron chi connectivity index (χ0n) is 13.9. The molecule has 2 aromatic carbocycles. The van der Waals surface area contributed by atoms with E-state index >= 15 is 0 Å². The second kappa shape index (κ2) is 7.33. The molecule has 3 rings (SSSR count). The maximum absolute atomic E-state index is 13.1. The van der Waals surface area contributed by atoms with Gasteiger partial charge in [0, 0.05) is 25.1 Å². The van der Waals surface area contributed by atoms with Crippen LogP contribution in [-0.2, 0) is 10.0 Å². The fourth-order valence-corrected chi connectivity index (χ4v) is 5.30. The Balaban J connectivity index is 1.94. The minimum absolute atomic E-state index is 0.0676. The minimum Gasteiger partial charge on any atom is -0.497 e. The van der Waals surface area contributed by atoms with E-state index in [1.165, 1.54) is 17.5 Å². The van der Waals surface area contributed by atoms with Gasteiger partial charge < -0.3 is 10.5 Å². The fourth-order valence-electron chi connectivity index (χ4n) is 3.29. The van der Waals surface area contributed by atoms with Crippen LogP contribution in [0.25, 0.3) is 0 Å². The lowest BCUT2D eigenvalue weighted by Crippen LogP contribution is -2.30. The van der Waals surface area contributed by atoms with E-state index in [0.29, 0.717) is 25.4 Å². The minimum atomic E-state index is -3.72. The number of nitrogens with two attached hydrogens (primary N) is 1. The molecule has 0 bridgehead atoms. The van der Waals surface area contributed by atoms with Gasteiger partial charge in [-0.1, -0.05) is 41.9 Å². The third-order valence-electron chi connectivity index (χ3n) is 4.69. The number of halogens is 1. The number of hydrogen-bond acceptors (Lipinski definition) is 4. The van der Waals surface area contributed by atoms with Crippen LogP contribution in [0.15, 0.2) is 53.4 Å². The van der Waals surface area contributed by atoms with Crippen molar-refractivity contribution < 1.29 is 13.2 Å². The second-order valence-electron chi connectivity index (χ2n) is 6.13. The van der Waals surface area contributed by atoms with E-state index in [2.05, 4.69) is 0 Å². The van der Waals surface area contributed by atoms with Gasteiger partial charge in [0.2, 0.25) is 10.0 Å². The number of sulfonamides is 1. The largest absolute Gasteiger partial charge is 0.497 e. The molecular weight excluding hydrogens is 360 g/mol. The van der Waals surface area contributed by atoms with Gasteiger partial charge in [0.1, 0.15) is 10.6 Å². The van der Waals surface area contributed by atoms with E-state index in [4.69, 9.17) is 22.1 Å². The Morgan fingerprint density at radius 2 is 1.92 bits per heavy atom. The summed E-state index contributed by atoms with van der Waals surface area (Å²) in [6.45, 7) is 1.20. The van der Waals surface area contributed by atoms with E-state index in [1.54, 1.807) is 12.1 Å². The van der Waals surface area contributed by atoms with Gasteiger partial charge in [0.15, 0.2) is 0 Å². The van der Waals surface area contributed by atoms with Crippen molar-refractivity contribution in [1.82, 2.24) is 4.31 Å². The first kappa shape index (κ1) is 18.2. The average Bonchev–Trinajstić information content (AvgIpc) is 3.08. The van der Waals surface area contributed by atoms with Crippen molar-refractivity contribution in [3.05, 3.63) is 59.1 Å². The third kappa shape index (κ3) is 3.53. The predicted octanol–water partition coefficient (Wildman–Crippen LogP) is 2.71. The molecule has 0 amide bonds. The standard InChI is InChI=1S/C18H21ClN2O3S/c1-24-15-7-8-17(19)18(9-15)25(22,23)21-11-14(10-20)16(12-21)13-5-3-2-4-6-13/h2-9,14,16H,10-12,20H2,1H3/t14-,16+/m1/s1. The number of benzene rings is 2. The molecule has 134 valence electrons. The zero-order valence-corrected chi connectivity index (χ0v) is 15.5. The van der Waals surface area contributed by atoms with Crippen molar-refractivity contribution >= 4 is 21.6 Å². The molecule has 25 heavy (non-hydrogen) atoms. The van der Waals surface area contributed by atoms with Gasteiger partial charge in [-0.15, -0.1) is 0 Å². The highest BCUT2D eigenvalue weighted by atomic mass is 35.5. The smallest absolute Gasteiger partial charge is 0.244 e. The molecule has 2 N–H and O–H groups in total. The van der Waals surface area contributed by atoms with Crippen molar-refractivity contribution in [2.75, 3.05) is 26.7 Å². The van der Waals surface area contributed by atoms with Crippen LogP contribution in [-0.4, -0.2) is 39.5 Å². The first-order valence-electron chi connectivity index (χ1n) is 8.06. The summed E-state index contributed by atoms with van der Waals surface area (Å²) in [5, 5.41) is 0.188. The quantitative estimate of drug-likeness (QED) is 0.865. The number of ether oxygens (including phenoxy) is 1. The first-order valence-corrected chi connectivity index (χ1v) is 9.88. The highest BCUT2D eigenvalue weighted by Crippen LogP contribution is 2.37. The van der Waals surface area contributed by atoms with Crippen molar-refractivity contribution in [2.24, 2.45) is 11.7 Å². The highest BCUT2D eigenvalue weighted by Gasteiger charge is 2.40. The molecular formula is C18H21ClN2O3S. The van der Waals surface area contributed by atoms with Crippen LogP contribution >= 0.6 is 11.6 Å². The van der Waals surface area contributed by atoms with E-state index in [9.17, 15) is 8.42 Å². The van der Waals surface area contributed by atoms with Crippen LogP contribution in [0.5, 0.6) is 5.75 Å². The zero-order chi connectivity index (χ0) is 18.0. The molecule has 0 aromatic heterocycles. The Hall–Kier alpha value is -1.60. The maximum Gasteiger partial charge on any atom is 0.244 e. The van der Waals surface area contributed by atoms with Crippen LogP contribution in [0, 0.1) is 5.92 Å². The molecule has 1 aliphatic heterocycles. The molecule has 1 saturated heterocycles. The Morgan fingerprint density at radius 3 is 2.56 bits per heavy atom. The molecule has 2 atom stereocenters. The normalized spacial score (nSPS) is 21.4. The van der Waals surface area contributed by atoms with Gasteiger partial charge in [0.25, 0.3) is 0 Å². The molecule has 5 nitrogen and oxygen atoms in total. The molecule has 0 unspecified atom stereocenters. The number of rotatable bonds is 5. The monoisotopic (exact) mass is 380 g/mol. The molecule has 1 heterocycles. The van der Waals surface area contributed by atoms with Crippen molar-refractivity contribution in [3.63, 3.8) is 0 Å². The van der Waals surface area contributed by atoms with E-state index in [-0.39, 0.29) is 21.8 Å². The highest BCUT2D eigenvalue weighted by molar-refractivity contribution is 7.89. The number of hydrogen-bond donors (Lipinski definition) is 1. The third-order valence-corrected chi connectivity index (χ3v) is 7.01. The van der Waals surface area contributed by atoms with Crippen LogP contribution in [0.3, 0.4) is 0 Å². The average molecular weight is 381 g/mol. The lowest BCUT2D eigenvalue weighted by Gasteiger charge is -2.18.